The lowest BCUT2D eigenvalue weighted by molar-refractivity contribution is -0.115. The molecule has 0 aliphatic rings. The highest BCUT2D eigenvalue weighted by molar-refractivity contribution is 7.92. The topological polar surface area (TPSA) is 102 Å². The van der Waals surface area contributed by atoms with Crippen LogP contribution < -0.4 is 5.32 Å². The van der Waals surface area contributed by atoms with Crippen LogP contribution in [0.4, 0.5) is 14.5 Å². The number of halogens is 2. The second-order valence-corrected chi connectivity index (χ2v) is 8.27. The summed E-state index contributed by atoms with van der Waals surface area (Å²) in [6.07, 6.45) is 0. The van der Waals surface area contributed by atoms with Gasteiger partial charge in [0.1, 0.15) is 11.0 Å². The summed E-state index contributed by atoms with van der Waals surface area (Å²) in [6.45, 7) is 1.18. The normalized spacial score (nSPS) is 12.5. The van der Waals surface area contributed by atoms with Crippen molar-refractivity contribution >= 4 is 21.4 Å². The number of carbonyl (C=O) groups excluding carboxylic acids is 1. The molecule has 3 rings (SSSR count). The molecule has 28 heavy (non-hydrogen) atoms. The molecule has 0 bridgehead atoms. The van der Waals surface area contributed by atoms with Gasteiger partial charge in [0, 0.05) is 17.3 Å². The Kier molecular flexibility index (Phi) is 5.50. The van der Waals surface area contributed by atoms with E-state index in [2.05, 4.69) is 15.5 Å². The van der Waals surface area contributed by atoms with E-state index in [4.69, 9.17) is 4.52 Å². The molecule has 1 aromatic heterocycles. The van der Waals surface area contributed by atoms with Crippen LogP contribution in [0.2, 0.25) is 0 Å². The third kappa shape index (κ3) is 4.39. The predicted octanol–water partition coefficient (Wildman–Crippen LogP) is 2.96. The largest absolute Gasteiger partial charge is 0.338 e. The van der Waals surface area contributed by atoms with Crippen molar-refractivity contribution in [2.75, 3.05) is 5.32 Å². The van der Waals surface area contributed by atoms with Gasteiger partial charge >= 0.3 is 0 Å². The van der Waals surface area contributed by atoms with Crippen LogP contribution >= 0.6 is 0 Å². The van der Waals surface area contributed by atoms with Gasteiger partial charge in [-0.25, -0.2) is 17.2 Å². The summed E-state index contributed by atoms with van der Waals surface area (Å²) in [6, 6.07) is 11.5. The van der Waals surface area contributed by atoms with E-state index in [0.717, 1.165) is 18.2 Å². The molecule has 0 saturated carbocycles. The number of anilines is 1. The van der Waals surface area contributed by atoms with E-state index in [1.807, 2.05) is 6.07 Å². The van der Waals surface area contributed by atoms with E-state index in [1.54, 1.807) is 24.3 Å². The van der Waals surface area contributed by atoms with E-state index in [-0.39, 0.29) is 17.4 Å². The molecule has 146 valence electrons. The Morgan fingerprint density at radius 2 is 1.86 bits per heavy atom. The first-order valence-electron chi connectivity index (χ1n) is 8.12. The first kappa shape index (κ1) is 19.6. The average Bonchev–Trinajstić information content (AvgIpc) is 3.12. The van der Waals surface area contributed by atoms with Crippen molar-refractivity contribution in [3.8, 4) is 11.4 Å². The smallest absolute Gasteiger partial charge is 0.242 e. The fourth-order valence-corrected chi connectivity index (χ4v) is 3.39. The molecule has 0 fully saturated rings. The number of rotatable bonds is 6. The van der Waals surface area contributed by atoms with Crippen molar-refractivity contribution in [1.29, 1.82) is 0 Å². The summed E-state index contributed by atoms with van der Waals surface area (Å²) in [4.78, 5) is 16.2. The van der Waals surface area contributed by atoms with Crippen LogP contribution in [-0.4, -0.2) is 29.7 Å². The van der Waals surface area contributed by atoms with Crippen molar-refractivity contribution < 1.29 is 26.5 Å². The van der Waals surface area contributed by atoms with Crippen molar-refractivity contribution in [3.05, 3.63) is 66.1 Å². The van der Waals surface area contributed by atoms with Gasteiger partial charge in [-0.1, -0.05) is 35.5 Å². The Labute approximate surface area is 159 Å². The highest BCUT2D eigenvalue weighted by Gasteiger charge is 2.30. The Hall–Kier alpha value is -3.14. The number of benzene rings is 2. The summed E-state index contributed by atoms with van der Waals surface area (Å²) in [7, 11) is -4.00. The van der Waals surface area contributed by atoms with Gasteiger partial charge in [0.2, 0.25) is 17.6 Å². The van der Waals surface area contributed by atoms with Crippen LogP contribution in [0, 0.1) is 11.6 Å². The maximum atomic E-state index is 13.2. The van der Waals surface area contributed by atoms with Crippen molar-refractivity contribution in [1.82, 2.24) is 10.1 Å². The van der Waals surface area contributed by atoms with Gasteiger partial charge in [0.15, 0.2) is 21.5 Å². The molecule has 7 nitrogen and oxygen atoms in total. The molecule has 0 radical (unpaired) electrons. The fourth-order valence-electron chi connectivity index (χ4n) is 2.30. The molecule has 1 amide bonds. The maximum absolute atomic E-state index is 13.2. The van der Waals surface area contributed by atoms with E-state index in [1.165, 1.54) is 6.92 Å². The second-order valence-electron chi connectivity index (χ2n) is 5.95. The Bertz CT molecular complexity index is 1100. The van der Waals surface area contributed by atoms with Gasteiger partial charge in [-0.3, -0.25) is 4.79 Å². The molecular formula is C18H15F2N3O4S. The minimum atomic E-state index is -4.00. The van der Waals surface area contributed by atoms with Crippen LogP contribution in [0.25, 0.3) is 11.4 Å². The standard InChI is InChI=1S/C18H15F2N3O4S/c1-11(18(24)21-13-7-8-14(19)15(20)9-13)28(25,26)10-16-22-17(23-27-16)12-5-3-2-4-6-12/h2-9,11H,10H2,1H3,(H,21,24). The van der Waals surface area contributed by atoms with Gasteiger partial charge in [-0.15, -0.1) is 0 Å². The third-order valence-corrected chi connectivity index (χ3v) is 5.86. The molecule has 0 spiro atoms. The van der Waals surface area contributed by atoms with E-state index < -0.39 is 38.4 Å². The number of hydrogen-bond acceptors (Lipinski definition) is 6. The molecule has 2 aromatic carbocycles. The summed E-state index contributed by atoms with van der Waals surface area (Å²) < 4.78 is 56.1. The maximum Gasteiger partial charge on any atom is 0.242 e. The molecule has 1 atom stereocenters. The minimum Gasteiger partial charge on any atom is -0.338 e. The van der Waals surface area contributed by atoms with Gasteiger partial charge in [0.05, 0.1) is 0 Å². The second kappa shape index (κ2) is 7.85. The van der Waals surface area contributed by atoms with E-state index in [9.17, 15) is 22.0 Å². The fraction of sp³-hybridized carbons (Fsp3) is 0.167. The number of hydrogen-bond donors (Lipinski definition) is 1. The lowest BCUT2D eigenvalue weighted by atomic mass is 10.2. The Morgan fingerprint density at radius 3 is 2.54 bits per heavy atom. The highest BCUT2D eigenvalue weighted by atomic mass is 32.2. The highest BCUT2D eigenvalue weighted by Crippen LogP contribution is 2.18. The molecule has 1 unspecified atom stereocenters. The monoisotopic (exact) mass is 407 g/mol. The van der Waals surface area contributed by atoms with Crippen molar-refractivity contribution in [2.24, 2.45) is 0 Å². The molecule has 1 N–H and O–H groups in total. The number of carbonyl (C=O) groups is 1. The summed E-state index contributed by atoms with van der Waals surface area (Å²) in [5, 5.41) is 4.49. The summed E-state index contributed by atoms with van der Waals surface area (Å²) >= 11 is 0. The first-order chi connectivity index (χ1) is 13.3. The Balaban J connectivity index is 1.70. The number of amides is 1. The Morgan fingerprint density at radius 1 is 1.14 bits per heavy atom. The predicted molar refractivity (Wildman–Crippen MR) is 96.8 cm³/mol. The van der Waals surface area contributed by atoms with Crippen LogP contribution in [0.5, 0.6) is 0 Å². The van der Waals surface area contributed by atoms with Crippen LogP contribution in [0.3, 0.4) is 0 Å². The number of sulfone groups is 1. The zero-order valence-electron chi connectivity index (χ0n) is 14.6. The molecule has 0 saturated heterocycles. The molecule has 1 heterocycles. The van der Waals surface area contributed by atoms with Crippen LogP contribution in [-0.2, 0) is 20.4 Å². The van der Waals surface area contributed by atoms with Crippen molar-refractivity contribution in [3.63, 3.8) is 0 Å². The van der Waals surface area contributed by atoms with Gasteiger partial charge in [-0.05, 0) is 19.1 Å². The van der Waals surface area contributed by atoms with Crippen LogP contribution in [0.1, 0.15) is 12.8 Å². The average molecular weight is 407 g/mol. The lowest BCUT2D eigenvalue weighted by Gasteiger charge is -2.12. The zero-order valence-corrected chi connectivity index (χ0v) is 15.4. The third-order valence-electron chi connectivity index (χ3n) is 3.92. The van der Waals surface area contributed by atoms with E-state index >= 15 is 0 Å². The molecule has 3 aromatic rings. The molecule has 0 aliphatic heterocycles. The molecule has 0 aliphatic carbocycles. The van der Waals surface area contributed by atoms with Gasteiger partial charge < -0.3 is 9.84 Å². The van der Waals surface area contributed by atoms with Gasteiger partial charge in [0.25, 0.3) is 0 Å². The van der Waals surface area contributed by atoms with Crippen molar-refractivity contribution in [2.45, 2.75) is 17.9 Å². The SMILES string of the molecule is CC(C(=O)Nc1ccc(F)c(F)c1)S(=O)(=O)Cc1nc(-c2ccccc2)no1. The zero-order chi connectivity index (χ0) is 20.3. The number of nitrogens with one attached hydrogen (secondary N) is 1. The quantitative estimate of drug-likeness (QED) is 0.674. The number of aromatic nitrogens is 2. The summed E-state index contributed by atoms with van der Waals surface area (Å²) in [5.74, 6) is -3.71. The molecule has 10 heteroatoms. The van der Waals surface area contributed by atoms with E-state index in [0.29, 0.717) is 5.56 Å². The lowest BCUT2D eigenvalue weighted by Crippen LogP contribution is -2.33. The minimum absolute atomic E-state index is 0.0601. The van der Waals surface area contributed by atoms with Gasteiger partial charge in [-0.2, -0.15) is 4.98 Å². The molecular weight excluding hydrogens is 392 g/mol. The first-order valence-corrected chi connectivity index (χ1v) is 9.83. The summed E-state index contributed by atoms with van der Waals surface area (Å²) in [5.41, 5.74) is 0.592. The van der Waals surface area contributed by atoms with Crippen LogP contribution in [0.15, 0.2) is 53.1 Å². The number of nitrogens with zero attached hydrogens (tertiary/aromatic N) is 2.